The fourth-order valence-corrected chi connectivity index (χ4v) is 7.92. The lowest BCUT2D eigenvalue weighted by molar-refractivity contribution is -0.122. The highest BCUT2D eigenvalue weighted by Gasteiger charge is 2.56. The van der Waals surface area contributed by atoms with Crippen LogP contribution in [0.2, 0.25) is 0 Å². The number of ether oxygens (including phenoxy) is 2. The van der Waals surface area contributed by atoms with Gasteiger partial charge in [-0.1, -0.05) is 59.0 Å². The molecule has 0 aliphatic carbocycles. The van der Waals surface area contributed by atoms with E-state index in [1.807, 2.05) is 19.1 Å². The molecule has 44 heavy (non-hydrogen) atoms. The second-order valence-electron chi connectivity index (χ2n) is 10.3. The van der Waals surface area contributed by atoms with Crippen LogP contribution in [0.15, 0.2) is 82.6 Å². The molecule has 2 aliphatic rings. The van der Waals surface area contributed by atoms with Gasteiger partial charge in [-0.15, -0.1) is 0 Å². The first-order chi connectivity index (χ1) is 21.2. The highest BCUT2D eigenvalue weighted by molar-refractivity contribution is 8.00. The van der Waals surface area contributed by atoms with Gasteiger partial charge in [0.15, 0.2) is 6.61 Å². The molecular weight excluding hydrogens is 603 g/mol. The van der Waals surface area contributed by atoms with Crippen molar-refractivity contribution in [1.29, 1.82) is 0 Å². The number of H-pyrrole nitrogens is 1. The number of benzene rings is 3. The molecule has 0 saturated carbocycles. The van der Waals surface area contributed by atoms with E-state index in [0.717, 1.165) is 33.6 Å². The van der Waals surface area contributed by atoms with Crippen LogP contribution in [-0.2, 0) is 19.1 Å². The van der Waals surface area contributed by atoms with Crippen LogP contribution in [0, 0.1) is 12.8 Å². The average molecular weight is 630 g/mol. The number of aryl methyl sites for hydroxylation is 1. The van der Waals surface area contributed by atoms with Gasteiger partial charge in [-0.2, -0.15) is 0 Å². The minimum atomic E-state index is -0.845. The molecule has 12 heteroatoms. The number of anilines is 2. The topological polar surface area (TPSA) is 135 Å². The van der Waals surface area contributed by atoms with Crippen LogP contribution in [-0.4, -0.2) is 47.1 Å². The van der Waals surface area contributed by atoms with E-state index in [0.29, 0.717) is 38.2 Å². The van der Waals surface area contributed by atoms with Gasteiger partial charge in [0.25, 0.3) is 5.91 Å². The molecule has 4 aromatic rings. The minimum absolute atomic E-state index is 0.223. The number of carbonyl (C=O) groups excluding carboxylic acids is 4. The molecule has 1 saturated heterocycles. The third kappa shape index (κ3) is 5.53. The number of fused-ring (bicyclic) bond motifs is 2. The molecule has 3 amide bonds. The summed E-state index contributed by atoms with van der Waals surface area (Å²) in [6.45, 7) is 3.60. The first-order valence-corrected chi connectivity index (χ1v) is 15.6. The van der Waals surface area contributed by atoms with Crippen LogP contribution in [0.5, 0.6) is 5.75 Å². The SMILES string of the molecule is CCOC(=O)c1ccc(N2C(=O)C3Sc4[nH]c(=O)sc4[C@H](c4ccccc4OCC(=O)Nc4ccc(C)cc4)C3C2=O)cc1. The van der Waals surface area contributed by atoms with Gasteiger partial charge in [0.1, 0.15) is 11.0 Å². The molecule has 0 spiro atoms. The summed E-state index contributed by atoms with van der Waals surface area (Å²) in [6.07, 6.45) is 0. The Labute approximate surface area is 260 Å². The molecule has 2 unspecified atom stereocenters. The molecule has 2 aliphatic heterocycles. The first kappa shape index (κ1) is 29.4. The Bertz CT molecular complexity index is 1810. The number of amides is 3. The summed E-state index contributed by atoms with van der Waals surface area (Å²) in [5.74, 6) is -2.88. The smallest absolute Gasteiger partial charge is 0.338 e. The van der Waals surface area contributed by atoms with E-state index in [2.05, 4.69) is 10.3 Å². The van der Waals surface area contributed by atoms with Crippen molar-refractivity contribution >= 4 is 58.2 Å². The van der Waals surface area contributed by atoms with Crippen molar-refractivity contribution in [3.05, 3.63) is 104 Å². The average Bonchev–Trinajstić information content (AvgIpc) is 3.51. The van der Waals surface area contributed by atoms with Crippen molar-refractivity contribution in [1.82, 2.24) is 4.98 Å². The summed E-state index contributed by atoms with van der Waals surface area (Å²) in [4.78, 5) is 69.5. The first-order valence-electron chi connectivity index (χ1n) is 13.9. The number of nitrogens with one attached hydrogen (secondary N) is 2. The lowest BCUT2D eigenvalue weighted by atomic mass is 9.82. The van der Waals surface area contributed by atoms with Gasteiger partial charge in [0, 0.05) is 22.0 Å². The lowest BCUT2D eigenvalue weighted by Gasteiger charge is -2.30. The molecule has 6 rings (SSSR count). The largest absolute Gasteiger partial charge is 0.483 e. The van der Waals surface area contributed by atoms with Gasteiger partial charge in [-0.25, -0.2) is 9.69 Å². The minimum Gasteiger partial charge on any atom is -0.483 e. The molecule has 10 nitrogen and oxygen atoms in total. The molecule has 0 bridgehead atoms. The van der Waals surface area contributed by atoms with E-state index in [4.69, 9.17) is 9.47 Å². The van der Waals surface area contributed by atoms with Crippen molar-refractivity contribution < 1.29 is 28.7 Å². The van der Waals surface area contributed by atoms with Crippen LogP contribution < -0.4 is 19.8 Å². The predicted octanol–water partition coefficient (Wildman–Crippen LogP) is 4.73. The summed E-state index contributed by atoms with van der Waals surface area (Å²) in [6, 6.07) is 20.5. The quantitative estimate of drug-likeness (QED) is 0.211. The Morgan fingerprint density at radius 2 is 1.68 bits per heavy atom. The highest BCUT2D eigenvalue weighted by Crippen LogP contribution is 2.54. The van der Waals surface area contributed by atoms with Crippen LogP contribution in [0.1, 0.15) is 39.2 Å². The van der Waals surface area contributed by atoms with Gasteiger partial charge in [-0.05, 0) is 56.3 Å². The van der Waals surface area contributed by atoms with Crippen LogP contribution in [0.4, 0.5) is 11.4 Å². The second kappa shape index (κ2) is 12.1. The molecule has 1 fully saturated rings. The molecule has 1 aromatic heterocycles. The zero-order chi connectivity index (χ0) is 31.0. The Hall–Kier alpha value is -4.68. The number of imide groups is 1. The number of rotatable bonds is 8. The van der Waals surface area contributed by atoms with E-state index in [1.54, 1.807) is 55.5 Å². The van der Waals surface area contributed by atoms with Gasteiger partial charge < -0.3 is 19.8 Å². The Morgan fingerprint density at radius 1 is 0.955 bits per heavy atom. The maximum absolute atomic E-state index is 14.1. The molecule has 3 heterocycles. The second-order valence-corrected chi connectivity index (χ2v) is 12.4. The summed E-state index contributed by atoms with van der Waals surface area (Å²) < 4.78 is 11.0. The molecular formula is C32H27N3O7S2. The molecule has 224 valence electrons. The van der Waals surface area contributed by atoms with Crippen molar-refractivity contribution in [3.63, 3.8) is 0 Å². The lowest BCUT2D eigenvalue weighted by Crippen LogP contribution is -2.32. The summed E-state index contributed by atoms with van der Waals surface area (Å²) in [5, 5.41) is 2.52. The van der Waals surface area contributed by atoms with E-state index in [9.17, 15) is 24.0 Å². The fraction of sp³-hybridized carbons (Fsp3) is 0.219. The summed E-state index contributed by atoms with van der Waals surface area (Å²) in [7, 11) is 0. The maximum atomic E-state index is 14.1. The van der Waals surface area contributed by atoms with E-state index < -0.39 is 34.9 Å². The zero-order valence-electron chi connectivity index (χ0n) is 23.7. The standard InChI is InChI=1S/C32H27N3O7S2/c1-3-41-31(39)18-10-14-20(15-11-18)35-29(37)25-24(26-28(34-32(40)44-26)43-27(25)30(35)38)21-6-4-5-7-22(21)42-16-23(36)33-19-12-8-17(2)9-13-19/h4-15,24-25,27H,3,16H2,1-2H3,(H,33,36)(H,34,40)/t24-,25?,27?/m1/s1. The number of hydrogen-bond acceptors (Lipinski definition) is 9. The number of carbonyl (C=O) groups is 4. The van der Waals surface area contributed by atoms with Crippen LogP contribution >= 0.6 is 23.1 Å². The van der Waals surface area contributed by atoms with Gasteiger partial charge in [0.2, 0.25) is 11.8 Å². The zero-order valence-corrected chi connectivity index (χ0v) is 25.3. The van der Waals surface area contributed by atoms with Crippen molar-refractivity contribution in [2.75, 3.05) is 23.4 Å². The van der Waals surface area contributed by atoms with E-state index in [-0.39, 0.29) is 24.0 Å². The monoisotopic (exact) mass is 629 g/mol. The van der Waals surface area contributed by atoms with E-state index in [1.165, 1.54) is 12.1 Å². The number of esters is 1. The Balaban J connectivity index is 1.31. The fourth-order valence-electron chi connectivity index (χ4n) is 5.41. The van der Waals surface area contributed by atoms with E-state index >= 15 is 0 Å². The third-order valence-corrected chi connectivity index (χ3v) is 9.81. The van der Waals surface area contributed by atoms with Crippen LogP contribution in [0.25, 0.3) is 0 Å². The number of nitrogens with zero attached hydrogens (tertiary/aromatic N) is 1. The molecule has 2 N–H and O–H groups in total. The normalized spacial score (nSPS) is 18.9. The molecule has 0 radical (unpaired) electrons. The Morgan fingerprint density at radius 3 is 2.41 bits per heavy atom. The van der Waals surface area contributed by atoms with Gasteiger partial charge >= 0.3 is 10.8 Å². The number of hydrogen-bond donors (Lipinski definition) is 2. The number of thiazole rings is 1. The Kier molecular flexibility index (Phi) is 8.11. The number of thioether (sulfide) groups is 1. The van der Waals surface area contributed by atoms with Crippen molar-refractivity contribution in [2.45, 2.75) is 30.0 Å². The van der Waals surface area contributed by atoms with Crippen molar-refractivity contribution in [2.24, 2.45) is 5.92 Å². The number of para-hydroxylation sites is 1. The molecule has 3 atom stereocenters. The molecule has 3 aromatic carbocycles. The summed E-state index contributed by atoms with van der Waals surface area (Å²) in [5.41, 5.74) is 2.92. The third-order valence-electron chi connectivity index (χ3n) is 7.41. The maximum Gasteiger partial charge on any atom is 0.338 e. The number of aromatic nitrogens is 1. The summed E-state index contributed by atoms with van der Waals surface area (Å²) >= 11 is 2.15. The highest BCUT2D eigenvalue weighted by atomic mass is 32.2. The number of aromatic amines is 1. The van der Waals surface area contributed by atoms with Gasteiger partial charge in [0.05, 0.1) is 28.8 Å². The van der Waals surface area contributed by atoms with Crippen LogP contribution in [0.3, 0.4) is 0 Å². The van der Waals surface area contributed by atoms with Gasteiger partial charge in [-0.3, -0.25) is 19.2 Å². The predicted molar refractivity (Wildman–Crippen MR) is 167 cm³/mol. The van der Waals surface area contributed by atoms with Crippen molar-refractivity contribution in [3.8, 4) is 5.75 Å².